The molecule has 0 spiro atoms. The van der Waals surface area contributed by atoms with Gasteiger partial charge < -0.3 is 24.4 Å². The third-order valence-corrected chi connectivity index (χ3v) is 5.95. The number of nitrogens with zero attached hydrogens (tertiary/aromatic N) is 6. The molecule has 33 heavy (non-hydrogen) atoms. The fourth-order valence-electron chi connectivity index (χ4n) is 3.95. The van der Waals surface area contributed by atoms with Gasteiger partial charge in [-0.05, 0) is 19.1 Å². The molecule has 0 aliphatic carbocycles. The molecule has 1 aliphatic heterocycles. The second kappa shape index (κ2) is 9.62. The molecule has 11 heteroatoms. The van der Waals surface area contributed by atoms with Gasteiger partial charge in [0.2, 0.25) is 5.91 Å². The van der Waals surface area contributed by atoms with Crippen molar-refractivity contribution >= 4 is 40.6 Å². The largest absolute Gasteiger partial charge is 0.453 e. The molecule has 0 saturated carbocycles. The molecule has 174 valence electrons. The molecule has 2 aromatic heterocycles. The van der Waals surface area contributed by atoms with Gasteiger partial charge in [-0.3, -0.25) is 4.79 Å². The summed E-state index contributed by atoms with van der Waals surface area (Å²) in [6.07, 6.45) is -0.506. The minimum Gasteiger partial charge on any atom is -0.453 e. The zero-order chi connectivity index (χ0) is 23.5. The van der Waals surface area contributed by atoms with Gasteiger partial charge in [0.1, 0.15) is 11.6 Å². The smallest absolute Gasteiger partial charge is 0.406 e. The van der Waals surface area contributed by atoms with E-state index in [4.69, 9.17) is 21.6 Å². The quantitative estimate of drug-likeness (QED) is 0.609. The molecule has 0 bridgehead atoms. The molecule has 1 aromatic carbocycles. The standard InChI is InChI=1S/C22H26ClN7O3/c1-14-25-20(29-12-10-28(11-13-29)15(2)31)18-21(26-14)30(9-8-24-22(32)33-3)19(27-18)16-6-4-5-7-17(16)23/h4-7H,8-13H2,1-3H3,(H,24,32). The molecule has 0 unspecified atom stereocenters. The Morgan fingerprint density at radius 3 is 2.52 bits per heavy atom. The number of carbonyl (C=O) groups excluding carboxylic acids is 2. The average molecular weight is 472 g/mol. The molecular formula is C22H26ClN7O3. The summed E-state index contributed by atoms with van der Waals surface area (Å²) in [4.78, 5) is 41.6. The molecule has 1 N–H and O–H groups in total. The van der Waals surface area contributed by atoms with Crippen molar-refractivity contribution in [2.24, 2.45) is 0 Å². The van der Waals surface area contributed by atoms with E-state index in [9.17, 15) is 9.59 Å². The van der Waals surface area contributed by atoms with Crippen molar-refractivity contribution < 1.29 is 14.3 Å². The number of methoxy groups -OCH3 is 1. The van der Waals surface area contributed by atoms with Crippen LogP contribution in [0.1, 0.15) is 12.7 Å². The summed E-state index contributed by atoms with van der Waals surface area (Å²) in [6.45, 7) is 6.73. The van der Waals surface area contributed by atoms with Gasteiger partial charge >= 0.3 is 6.09 Å². The predicted molar refractivity (Wildman–Crippen MR) is 125 cm³/mol. The number of halogens is 1. The Morgan fingerprint density at radius 2 is 1.85 bits per heavy atom. The normalized spacial score (nSPS) is 13.9. The monoisotopic (exact) mass is 471 g/mol. The SMILES string of the molecule is COC(=O)NCCn1c(-c2ccccc2Cl)nc2c(N3CCN(C(C)=O)CC3)nc(C)nc21. The van der Waals surface area contributed by atoms with Gasteiger partial charge in [-0.2, -0.15) is 0 Å². The highest BCUT2D eigenvalue weighted by molar-refractivity contribution is 6.33. The van der Waals surface area contributed by atoms with Gasteiger partial charge in [0.05, 0.1) is 12.1 Å². The van der Waals surface area contributed by atoms with E-state index in [1.165, 1.54) is 7.11 Å². The van der Waals surface area contributed by atoms with Gasteiger partial charge in [-0.25, -0.2) is 19.7 Å². The van der Waals surface area contributed by atoms with Crippen LogP contribution in [0.4, 0.5) is 10.6 Å². The maximum atomic E-state index is 11.7. The lowest BCUT2D eigenvalue weighted by atomic mass is 10.2. The number of hydrogen-bond acceptors (Lipinski definition) is 7. The number of anilines is 1. The number of hydrogen-bond donors (Lipinski definition) is 1. The number of fused-ring (bicyclic) bond motifs is 1. The Morgan fingerprint density at radius 1 is 1.12 bits per heavy atom. The van der Waals surface area contributed by atoms with Gasteiger partial charge in [0.25, 0.3) is 0 Å². The van der Waals surface area contributed by atoms with Crippen LogP contribution in [0.15, 0.2) is 24.3 Å². The van der Waals surface area contributed by atoms with Crippen LogP contribution in [0.25, 0.3) is 22.6 Å². The van der Waals surface area contributed by atoms with Crippen molar-refractivity contribution in [1.82, 2.24) is 29.7 Å². The molecule has 3 heterocycles. The van der Waals surface area contributed by atoms with Crippen LogP contribution >= 0.6 is 11.6 Å². The summed E-state index contributed by atoms with van der Waals surface area (Å²) in [5, 5.41) is 3.27. The molecule has 3 aromatic rings. The van der Waals surface area contributed by atoms with E-state index in [0.29, 0.717) is 67.1 Å². The van der Waals surface area contributed by atoms with Crippen molar-refractivity contribution in [3.63, 3.8) is 0 Å². The summed E-state index contributed by atoms with van der Waals surface area (Å²) in [6, 6.07) is 7.48. The number of imidazole rings is 1. The van der Waals surface area contributed by atoms with Crippen LogP contribution in [0.3, 0.4) is 0 Å². The van der Waals surface area contributed by atoms with Crippen LogP contribution < -0.4 is 10.2 Å². The average Bonchev–Trinajstić information content (AvgIpc) is 3.16. The molecule has 2 amide bonds. The minimum absolute atomic E-state index is 0.0713. The van der Waals surface area contributed by atoms with Gasteiger partial charge in [0, 0.05) is 51.8 Å². The van der Waals surface area contributed by atoms with Crippen LogP contribution in [-0.2, 0) is 16.1 Å². The zero-order valence-corrected chi connectivity index (χ0v) is 19.6. The summed E-state index contributed by atoms with van der Waals surface area (Å²) in [5.41, 5.74) is 2.08. The second-order valence-electron chi connectivity index (χ2n) is 7.75. The molecule has 1 aliphatic rings. The summed E-state index contributed by atoms with van der Waals surface area (Å²) in [7, 11) is 1.33. The maximum absolute atomic E-state index is 11.7. The molecule has 1 saturated heterocycles. The Bertz CT molecular complexity index is 1190. The summed E-state index contributed by atoms with van der Waals surface area (Å²) < 4.78 is 6.62. The Balaban J connectivity index is 1.78. The van der Waals surface area contributed by atoms with E-state index in [0.717, 1.165) is 11.4 Å². The van der Waals surface area contributed by atoms with Crippen molar-refractivity contribution in [3.05, 3.63) is 35.1 Å². The van der Waals surface area contributed by atoms with Crippen LogP contribution in [-0.4, -0.2) is 76.3 Å². The van der Waals surface area contributed by atoms with Crippen molar-refractivity contribution in [3.8, 4) is 11.4 Å². The number of carbonyl (C=O) groups is 2. The van der Waals surface area contributed by atoms with Gasteiger partial charge in [-0.15, -0.1) is 0 Å². The number of amides is 2. The van der Waals surface area contributed by atoms with Crippen molar-refractivity contribution in [2.45, 2.75) is 20.4 Å². The van der Waals surface area contributed by atoms with E-state index in [1.54, 1.807) is 6.92 Å². The summed E-state index contributed by atoms with van der Waals surface area (Å²) in [5.74, 6) is 2.06. The molecule has 1 fully saturated rings. The Labute approximate surface area is 196 Å². The first kappa shape index (κ1) is 22.8. The first-order valence-corrected chi connectivity index (χ1v) is 11.1. The minimum atomic E-state index is -0.506. The van der Waals surface area contributed by atoms with E-state index < -0.39 is 6.09 Å². The fraction of sp³-hybridized carbons (Fsp3) is 0.409. The third-order valence-electron chi connectivity index (χ3n) is 5.62. The number of aryl methyl sites for hydroxylation is 1. The first-order valence-electron chi connectivity index (χ1n) is 10.7. The highest BCUT2D eigenvalue weighted by Gasteiger charge is 2.25. The lowest BCUT2D eigenvalue weighted by Crippen LogP contribution is -2.48. The van der Waals surface area contributed by atoms with E-state index in [1.807, 2.05) is 40.7 Å². The van der Waals surface area contributed by atoms with E-state index in [-0.39, 0.29) is 5.91 Å². The highest BCUT2D eigenvalue weighted by atomic mass is 35.5. The van der Waals surface area contributed by atoms with Crippen LogP contribution in [0.2, 0.25) is 5.02 Å². The molecular weight excluding hydrogens is 446 g/mol. The third kappa shape index (κ3) is 4.70. The Kier molecular flexibility index (Phi) is 6.64. The maximum Gasteiger partial charge on any atom is 0.406 e. The first-order chi connectivity index (χ1) is 15.9. The zero-order valence-electron chi connectivity index (χ0n) is 18.8. The van der Waals surface area contributed by atoms with E-state index in [2.05, 4.69) is 19.9 Å². The highest BCUT2D eigenvalue weighted by Crippen LogP contribution is 2.33. The number of rotatable bonds is 5. The molecule has 0 radical (unpaired) electrons. The lowest BCUT2D eigenvalue weighted by molar-refractivity contribution is -0.129. The second-order valence-corrected chi connectivity index (χ2v) is 8.15. The van der Waals surface area contributed by atoms with Crippen molar-refractivity contribution in [1.29, 1.82) is 0 Å². The number of benzene rings is 1. The number of alkyl carbamates (subject to hydrolysis) is 1. The number of aromatic nitrogens is 4. The topological polar surface area (TPSA) is 105 Å². The summed E-state index contributed by atoms with van der Waals surface area (Å²) >= 11 is 6.50. The number of nitrogens with one attached hydrogen (secondary N) is 1. The van der Waals surface area contributed by atoms with Crippen LogP contribution in [0, 0.1) is 6.92 Å². The molecule has 4 rings (SSSR count). The fourth-order valence-corrected chi connectivity index (χ4v) is 4.17. The number of ether oxygens (including phenoxy) is 1. The Hall–Kier alpha value is -3.40. The van der Waals surface area contributed by atoms with Gasteiger partial charge in [-0.1, -0.05) is 23.7 Å². The predicted octanol–water partition coefficient (Wildman–Crippen LogP) is 2.48. The molecule has 10 nitrogen and oxygen atoms in total. The molecule has 0 atom stereocenters. The van der Waals surface area contributed by atoms with Crippen molar-refractivity contribution in [2.75, 3.05) is 44.7 Å². The number of piperazine rings is 1. The van der Waals surface area contributed by atoms with Crippen LogP contribution in [0.5, 0.6) is 0 Å². The van der Waals surface area contributed by atoms with E-state index >= 15 is 0 Å². The van der Waals surface area contributed by atoms with Gasteiger partial charge in [0.15, 0.2) is 17.0 Å². The lowest BCUT2D eigenvalue weighted by Gasteiger charge is -2.34.